The summed E-state index contributed by atoms with van der Waals surface area (Å²) in [5, 5.41) is 3.88. The van der Waals surface area contributed by atoms with Crippen LogP contribution in [0.4, 0.5) is 0 Å². The molecule has 1 atom stereocenters. The Hall–Kier alpha value is -0.580. The number of benzene rings is 1. The topological polar surface area (TPSA) is 46.2 Å². The molecule has 3 nitrogen and oxygen atoms in total. The fraction of sp³-hybridized carbons (Fsp3) is 0.500. The average molecular weight is 276 g/mol. The van der Waals surface area contributed by atoms with E-state index in [1.165, 1.54) is 6.26 Å². The van der Waals surface area contributed by atoms with Gasteiger partial charge in [-0.25, -0.2) is 8.42 Å². The van der Waals surface area contributed by atoms with Gasteiger partial charge in [-0.15, -0.1) is 0 Å². The summed E-state index contributed by atoms with van der Waals surface area (Å²) in [4.78, 5) is 0. The normalized spacial score (nSPS) is 13.6. The Labute approximate surface area is 108 Å². The summed E-state index contributed by atoms with van der Waals surface area (Å²) in [6, 6.07) is 7.73. The summed E-state index contributed by atoms with van der Waals surface area (Å²) in [6.45, 7) is 0. The van der Waals surface area contributed by atoms with Crippen LogP contribution in [0, 0.1) is 0 Å². The first kappa shape index (κ1) is 14.5. The highest BCUT2D eigenvalue weighted by atomic mass is 35.5. The summed E-state index contributed by atoms with van der Waals surface area (Å²) in [7, 11) is -1.03. The second-order valence-electron chi connectivity index (χ2n) is 4.13. The molecule has 96 valence electrons. The van der Waals surface area contributed by atoms with Crippen LogP contribution in [0.5, 0.6) is 0 Å². The minimum absolute atomic E-state index is 0.102. The molecule has 1 aromatic carbocycles. The number of hydrogen-bond acceptors (Lipinski definition) is 3. The van der Waals surface area contributed by atoms with Crippen LogP contribution in [-0.2, 0) is 9.84 Å². The Morgan fingerprint density at radius 2 is 2.00 bits per heavy atom. The van der Waals surface area contributed by atoms with Gasteiger partial charge in [0.1, 0.15) is 9.84 Å². The minimum Gasteiger partial charge on any atom is -0.313 e. The number of nitrogens with one attached hydrogen (secondary N) is 1. The molecule has 0 radical (unpaired) electrons. The van der Waals surface area contributed by atoms with Crippen LogP contribution in [-0.4, -0.2) is 27.5 Å². The average Bonchev–Trinajstić information content (AvgIpc) is 2.24. The first-order valence-electron chi connectivity index (χ1n) is 5.53. The molecule has 1 rings (SSSR count). The maximum Gasteiger partial charge on any atom is 0.147 e. The van der Waals surface area contributed by atoms with Crippen molar-refractivity contribution in [1.82, 2.24) is 5.32 Å². The molecule has 0 amide bonds. The van der Waals surface area contributed by atoms with Crippen molar-refractivity contribution in [3.8, 4) is 0 Å². The van der Waals surface area contributed by atoms with E-state index in [4.69, 9.17) is 11.6 Å². The third kappa shape index (κ3) is 5.06. The molecule has 0 saturated carbocycles. The highest BCUT2D eigenvalue weighted by molar-refractivity contribution is 7.90. The van der Waals surface area contributed by atoms with E-state index in [0.29, 0.717) is 11.4 Å². The summed E-state index contributed by atoms with van der Waals surface area (Å²) < 4.78 is 22.1. The molecule has 0 bridgehead atoms. The monoisotopic (exact) mass is 275 g/mol. The highest BCUT2D eigenvalue weighted by Crippen LogP contribution is 2.25. The Morgan fingerprint density at radius 1 is 1.35 bits per heavy atom. The molecule has 0 aliphatic carbocycles. The van der Waals surface area contributed by atoms with Crippen molar-refractivity contribution < 1.29 is 8.42 Å². The van der Waals surface area contributed by atoms with Gasteiger partial charge in [-0.05, 0) is 31.5 Å². The smallest absolute Gasteiger partial charge is 0.147 e. The number of hydrogen-bond donors (Lipinski definition) is 1. The van der Waals surface area contributed by atoms with E-state index in [-0.39, 0.29) is 11.8 Å². The van der Waals surface area contributed by atoms with Gasteiger partial charge in [-0.1, -0.05) is 29.8 Å². The largest absolute Gasteiger partial charge is 0.313 e. The van der Waals surface area contributed by atoms with Gasteiger partial charge < -0.3 is 5.32 Å². The molecule has 5 heteroatoms. The third-order valence-electron chi connectivity index (χ3n) is 2.64. The van der Waals surface area contributed by atoms with Crippen molar-refractivity contribution in [3.05, 3.63) is 34.9 Å². The zero-order valence-electron chi connectivity index (χ0n) is 10.1. The van der Waals surface area contributed by atoms with Gasteiger partial charge in [0.05, 0.1) is 0 Å². The number of rotatable bonds is 6. The SMILES string of the molecule is CNC(CCCS(C)(=O)=O)c1ccccc1Cl. The Balaban J connectivity index is 2.64. The lowest BCUT2D eigenvalue weighted by Gasteiger charge is -2.17. The quantitative estimate of drug-likeness (QED) is 0.867. The molecule has 0 fully saturated rings. The van der Waals surface area contributed by atoms with Crippen molar-refractivity contribution in [2.45, 2.75) is 18.9 Å². The molecular weight excluding hydrogens is 258 g/mol. The fourth-order valence-corrected chi connectivity index (χ4v) is 2.72. The van der Waals surface area contributed by atoms with E-state index in [0.717, 1.165) is 12.0 Å². The zero-order valence-corrected chi connectivity index (χ0v) is 11.7. The number of halogens is 1. The standard InChI is InChI=1S/C12H18ClNO2S/c1-14-12(8-5-9-17(2,15)16)10-6-3-4-7-11(10)13/h3-4,6-7,12,14H,5,8-9H2,1-2H3. The van der Waals surface area contributed by atoms with E-state index >= 15 is 0 Å². The summed E-state index contributed by atoms with van der Waals surface area (Å²) in [5.41, 5.74) is 1.02. The molecule has 0 aromatic heterocycles. The van der Waals surface area contributed by atoms with E-state index in [2.05, 4.69) is 5.32 Å². The first-order valence-corrected chi connectivity index (χ1v) is 7.97. The van der Waals surface area contributed by atoms with Crippen LogP contribution in [0.25, 0.3) is 0 Å². The van der Waals surface area contributed by atoms with Crippen molar-refractivity contribution >= 4 is 21.4 Å². The maximum absolute atomic E-state index is 11.1. The fourth-order valence-electron chi connectivity index (χ4n) is 1.76. The molecular formula is C12H18ClNO2S. The second-order valence-corrected chi connectivity index (χ2v) is 6.80. The molecule has 1 aromatic rings. The molecule has 17 heavy (non-hydrogen) atoms. The van der Waals surface area contributed by atoms with Gasteiger partial charge in [0.25, 0.3) is 0 Å². The lowest BCUT2D eigenvalue weighted by Crippen LogP contribution is -2.18. The van der Waals surface area contributed by atoms with Crippen LogP contribution in [0.15, 0.2) is 24.3 Å². The highest BCUT2D eigenvalue weighted by Gasteiger charge is 2.13. The van der Waals surface area contributed by atoms with Crippen molar-refractivity contribution in [3.63, 3.8) is 0 Å². The molecule has 1 N–H and O–H groups in total. The summed E-state index contributed by atoms with van der Waals surface area (Å²) in [5.74, 6) is 0.218. The lowest BCUT2D eigenvalue weighted by molar-refractivity contribution is 0.536. The minimum atomic E-state index is -2.88. The second kappa shape index (κ2) is 6.38. The Bertz CT molecular complexity index is 459. The Morgan fingerprint density at radius 3 is 2.53 bits per heavy atom. The van der Waals surface area contributed by atoms with Gasteiger partial charge in [-0.3, -0.25) is 0 Å². The summed E-state index contributed by atoms with van der Waals surface area (Å²) >= 11 is 6.11. The van der Waals surface area contributed by atoms with E-state index in [9.17, 15) is 8.42 Å². The van der Waals surface area contributed by atoms with Crippen molar-refractivity contribution in [2.24, 2.45) is 0 Å². The molecule has 0 aliphatic rings. The van der Waals surface area contributed by atoms with Gasteiger partial charge in [0, 0.05) is 23.1 Å². The van der Waals surface area contributed by atoms with E-state index < -0.39 is 9.84 Å². The Kier molecular flexibility index (Phi) is 5.43. The van der Waals surface area contributed by atoms with E-state index in [1.54, 1.807) is 0 Å². The van der Waals surface area contributed by atoms with Crippen LogP contribution >= 0.6 is 11.6 Å². The molecule has 0 aliphatic heterocycles. The molecule has 1 unspecified atom stereocenters. The van der Waals surface area contributed by atoms with Crippen LogP contribution in [0.2, 0.25) is 5.02 Å². The van der Waals surface area contributed by atoms with Crippen LogP contribution in [0.1, 0.15) is 24.4 Å². The number of sulfone groups is 1. The van der Waals surface area contributed by atoms with Crippen LogP contribution in [0.3, 0.4) is 0 Å². The van der Waals surface area contributed by atoms with Gasteiger partial charge in [0.2, 0.25) is 0 Å². The maximum atomic E-state index is 11.1. The van der Waals surface area contributed by atoms with E-state index in [1.807, 2.05) is 31.3 Å². The van der Waals surface area contributed by atoms with Gasteiger partial charge >= 0.3 is 0 Å². The summed E-state index contributed by atoms with van der Waals surface area (Å²) in [6.07, 6.45) is 2.65. The lowest BCUT2D eigenvalue weighted by atomic mass is 10.0. The first-order chi connectivity index (χ1) is 7.94. The van der Waals surface area contributed by atoms with Gasteiger partial charge in [0.15, 0.2) is 0 Å². The molecule has 0 saturated heterocycles. The van der Waals surface area contributed by atoms with Gasteiger partial charge in [-0.2, -0.15) is 0 Å². The zero-order chi connectivity index (χ0) is 12.9. The predicted molar refractivity (Wildman–Crippen MR) is 72.2 cm³/mol. The van der Waals surface area contributed by atoms with Crippen molar-refractivity contribution in [1.29, 1.82) is 0 Å². The van der Waals surface area contributed by atoms with Crippen LogP contribution < -0.4 is 5.32 Å². The molecule has 0 heterocycles. The van der Waals surface area contributed by atoms with Crippen molar-refractivity contribution in [2.75, 3.05) is 19.1 Å². The predicted octanol–water partition coefficient (Wildman–Crippen LogP) is 2.43. The third-order valence-corrected chi connectivity index (χ3v) is 4.01. The molecule has 0 spiro atoms.